The van der Waals surface area contributed by atoms with E-state index in [1.165, 1.54) is 11.1 Å². The van der Waals surface area contributed by atoms with Crippen LogP contribution in [-0.2, 0) is 11.3 Å². The van der Waals surface area contributed by atoms with Crippen molar-refractivity contribution >= 4 is 5.96 Å². The molecule has 1 heterocycles. The van der Waals surface area contributed by atoms with E-state index in [9.17, 15) is 0 Å². The van der Waals surface area contributed by atoms with Gasteiger partial charge in [0.2, 0.25) is 0 Å². The minimum atomic E-state index is 0.205. The van der Waals surface area contributed by atoms with Gasteiger partial charge < -0.3 is 25.0 Å². The number of aryl methyl sites for hydroxylation is 1. The summed E-state index contributed by atoms with van der Waals surface area (Å²) >= 11 is 0. The van der Waals surface area contributed by atoms with Crippen LogP contribution in [0.3, 0.4) is 0 Å². The largest absolute Gasteiger partial charge is 0.491 e. The summed E-state index contributed by atoms with van der Waals surface area (Å²) in [5.74, 6) is 1.68. The van der Waals surface area contributed by atoms with Crippen molar-refractivity contribution in [2.75, 3.05) is 40.9 Å². The van der Waals surface area contributed by atoms with Crippen LogP contribution in [0.15, 0.2) is 53.5 Å². The summed E-state index contributed by atoms with van der Waals surface area (Å²) in [4.78, 5) is 6.61. The summed E-state index contributed by atoms with van der Waals surface area (Å²) < 4.78 is 11.8. The number of nitrogens with zero attached hydrogens (tertiary/aromatic N) is 2. The molecule has 6 heteroatoms. The molecule has 31 heavy (non-hydrogen) atoms. The molecule has 6 nitrogen and oxygen atoms in total. The van der Waals surface area contributed by atoms with Crippen LogP contribution in [0.25, 0.3) is 0 Å². The van der Waals surface area contributed by atoms with E-state index >= 15 is 0 Å². The fourth-order valence-corrected chi connectivity index (χ4v) is 3.77. The predicted molar refractivity (Wildman–Crippen MR) is 127 cm³/mol. The first-order chi connectivity index (χ1) is 15.1. The van der Waals surface area contributed by atoms with Gasteiger partial charge in [-0.2, -0.15) is 0 Å². The number of nitrogens with one attached hydrogen (secondary N) is 2. The number of hydrogen-bond donors (Lipinski definition) is 2. The van der Waals surface area contributed by atoms with Crippen molar-refractivity contribution in [2.45, 2.75) is 38.5 Å². The van der Waals surface area contributed by atoms with Crippen LogP contribution in [0.2, 0.25) is 0 Å². The molecule has 1 saturated heterocycles. The summed E-state index contributed by atoms with van der Waals surface area (Å²) in [5.41, 5.74) is 3.57. The molecule has 0 bridgehead atoms. The topological polar surface area (TPSA) is 58.1 Å². The van der Waals surface area contributed by atoms with Crippen molar-refractivity contribution in [1.29, 1.82) is 0 Å². The Morgan fingerprint density at radius 3 is 2.68 bits per heavy atom. The summed E-state index contributed by atoms with van der Waals surface area (Å²) in [6.45, 7) is 4.92. The molecule has 3 rings (SSSR count). The molecule has 0 amide bonds. The molecule has 2 N–H and O–H groups in total. The molecule has 2 aromatic carbocycles. The fraction of sp³-hybridized carbons (Fsp3) is 0.480. The first kappa shape index (κ1) is 23.1. The zero-order valence-electron chi connectivity index (χ0n) is 19.2. The Morgan fingerprint density at radius 1 is 1.19 bits per heavy atom. The van der Waals surface area contributed by atoms with E-state index < -0.39 is 0 Å². The summed E-state index contributed by atoms with van der Waals surface area (Å²) in [6, 6.07) is 17.1. The summed E-state index contributed by atoms with van der Waals surface area (Å²) in [5, 5.41) is 6.89. The SMILES string of the molecule is CN=C(NCc1ccc(C)cc1OCC1CCCO1)NCC(c1ccccc1)N(C)C. The Bertz CT molecular complexity index is 833. The van der Waals surface area contributed by atoms with Crippen molar-refractivity contribution in [3.8, 4) is 5.75 Å². The number of hydrogen-bond acceptors (Lipinski definition) is 4. The van der Waals surface area contributed by atoms with Crippen LogP contribution >= 0.6 is 0 Å². The first-order valence-corrected chi connectivity index (χ1v) is 11.1. The number of guanidine groups is 1. The van der Waals surface area contributed by atoms with Gasteiger partial charge in [0.15, 0.2) is 5.96 Å². The molecule has 1 aliphatic heterocycles. The second kappa shape index (κ2) is 11.7. The normalized spacial score (nSPS) is 17.6. The average Bonchev–Trinajstić information content (AvgIpc) is 3.29. The monoisotopic (exact) mass is 424 g/mol. The van der Waals surface area contributed by atoms with Crippen LogP contribution in [0, 0.1) is 6.92 Å². The van der Waals surface area contributed by atoms with Gasteiger partial charge in [0, 0.05) is 32.3 Å². The maximum Gasteiger partial charge on any atom is 0.191 e. The van der Waals surface area contributed by atoms with Crippen molar-refractivity contribution < 1.29 is 9.47 Å². The van der Waals surface area contributed by atoms with Gasteiger partial charge in [-0.1, -0.05) is 42.5 Å². The molecule has 0 aliphatic carbocycles. The van der Waals surface area contributed by atoms with Gasteiger partial charge in [-0.05, 0) is 51.1 Å². The molecule has 0 radical (unpaired) electrons. The zero-order valence-corrected chi connectivity index (χ0v) is 19.2. The lowest BCUT2D eigenvalue weighted by Gasteiger charge is -2.26. The lowest BCUT2D eigenvalue weighted by Crippen LogP contribution is -2.41. The van der Waals surface area contributed by atoms with Crippen LogP contribution in [-0.4, -0.2) is 57.9 Å². The van der Waals surface area contributed by atoms with E-state index in [1.807, 2.05) is 6.07 Å². The second-order valence-corrected chi connectivity index (χ2v) is 8.25. The maximum absolute atomic E-state index is 6.12. The molecule has 0 aromatic heterocycles. The highest BCUT2D eigenvalue weighted by Crippen LogP contribution is 2.22. The molecule has 1 aliphatic rings. The third-order valence-electron chi connectivity index (χ3n) is 5.61. The third kappa shape index (κ3) is 6.97. The highest BCUT2D eigenvalue weighted by atomic mass is 16.5. The van der Waals surface area contributed by atoms with E-state index in [0.717, 1.165) is 43.3 Å². The molecule has 1 fully saturated rings. The molecule has 168 valence electrons. The van der Waals surface area contributed by atoms with Gasteiger partial charge in [-0.25, -0.2) is 0 Å². The Morgan fingerprint density at radius 2 is 2.00 bits per heavy atom. The minimum Gasteiger partial charge on any atom is -0.491 e. The van der Waals surface area contributed by atoms with E-state index in [-0.39, 0.29) is 12.1 Å². The highest BCUT2D eigenvalue weighted by molar-refractivity contribution is 5.79. The number of likely N-dealkylation sites (N-methyl/N-ethyl adjacent to an activating group) is 1. The standard InChI is InChI=1S/C25H36N4O2/c1-19-12-13-21(24(15-19)31-18-22-11-8-14-30-22)16-27-25(26-2)28-17-23(29(3)4)20-9-6-5-7-10-20/h5-7,9-10,12-13,15,22-23H,8,11,14,16-18H2,1-4H3,(H2,26,27,28). The first-order valence-electron chi connectivity index (χ1n) is 11.1. The van der Waals surface area contributed by atoms with Gasteiger partial charge in [0.25, 0.3) is 0 Å². The lowest BCUT2D eigenvalue weighted by molar-refractivity contribution is 0.0676. The molecule has 0 spiro atoms. The maximum atomic E-state index is 6.12. The molecular weight excluding hydrogens is 388 g/mol. The van der Waals surface area contributed by atoms with Crippen LogP contribution in [0.4, 0.5) is 0 Å². The Hall–Kier alpha value is -2.57. The summed E-state index contributed by atoms with van der Waals surface area (Å²) in [7, 11) is 5.99. The van der Waals surface area contributed by atoms with Crippen LogP contribution in [0.1, 0.15) is 35.6 Å². The highest BCUT2D eigenvalue weighted by Gasteiger charge is 2.17. The smallest absolute Gasteiger partial charge is 0.191 e. The predicted octanol–water partition coefficient (Wildman–Crippen LogP) is 3.52. The zero-order chi connectivity index (χ0) is 22.1. The molecule has 2 unspecified atom stereocenters. The van der Waals surface area contributed by atoms with Crippen molar-refractivity contribution in [3.63, 3.8) is 0 Å². The van der Waals surface area contributed by atoms with Gasteiger partial charge in [0.1, 0.15) is 12.4 Å². The van der Waals surface area contributed by atoms with E-state index in [1.54, 1.807) is 7.05 Å². The Balaban J connectivity index is 1.57. The van der Waals surface area contributed by atoms with E-state index in [2.05, 4.69) is 84.0 Å². The quantitative estimate of drug-likeness (QED) is 0.476. The van der Waals surface area contributed by atoms with Crippen molar-refractivity contribution in [3.05, 3.63) is 65.2 Å². The number of ether oxygens (including phenoxy) is 2. The third-order valence-corrected chi connectivity index (χ3v) is 5.61. The fourth-order valence-electron chi connectivity index (χ4n) is 3.77. The summed E-state index contributed by atoms with van der Waals surface area (Å²) in [6.07, 6.45) is 2.40. The number of aliphatic imine (C=N–C) groups is 1. The number of rotatable bonds is 9. The van der Waals surface area contributed by atoms with Gasteiger partial charge >= 0.3 is 0 Å². The lowest BCUT2D eigenvalue weighted by atomic mass is 10.1. The molecule has 0 saturated carbocycles. The van der Waals surface area contributed by atoms with E-state index in [0.29, 0.717) is 13.2 Å². The Labute approximate surface area is 186 Å². The van der Waals surface area contributed by atoms with Crippen LogP contribution in [0.5, 0.6) is 5.75 Å². The van der Waals surface area contributed by atoms with Gasteiger partial charge in [0.05, 0.1) is 12.1 Å². The molecule has 2 aromatic rings. The van der Waals surface area contributed by atoms with Crippen molar-refractivity contribution in [2.24, 2.45) is 4.99 Å². The second-order valence-electron chi connectivity index (χ2n) is 8.25. The molecular formula is C25H36N4O2. The van der Waals surface area contributed by atoms with Gasteiger partial charge in [-0.15, -0.1) is 0 Å². The van der Waals surface area contributed by atoms with E-state index in [4.69, 9.17) is 9.47 Å². The Kier molecular flexibility index (Phi) is 8.74. The van der Waals surface area contributed by atoms with Crippen LogP contribution < -0.4 is 15.4 Å². The average molecular weight is 425 g/mol. The van der Waals surface area contributed by atoms with Crippen molar-refractivity contribution in [1.82, 2.24) is 15.5 Å². The van der Waals surface area contributed by atoms with Gasteiger partial charge in [-0.3, -0.25) is 4.99 Å². The number of benzene rings is 2. The molecule has 2 atom stereocenters. The minimum absolute atomic E-state index is 0.205.